The van der Waals surface area contributed by atoms with Crippen LogP contribution in [0.4, 0.5) is 0 Å². The Morgan fingerprint density at radius 1 is 1.27 bits per heavy atom. The first-order valence-electron chi connectivity index (χ1n) is 8.78. The molecule has 0 spiro atoms. The van der Waals surface area contributed by atoms with Crippen LogP contribution in [-0.4, -0.2) is 55.9 Å². The second kappa shape index (κ2) is 6.65. The van der Waals surface area contributed by atoms with Gasteiger partial charge in [0.15, 0.2) is 15.6 Å². The van der Waals surface area contributed by atoms with Crippen molar-refractivity contribution in [2.24, 2.45) is 0 Å². The number of hydrogen-bond acceptors (Lipinski definition) is 5. The molecule has 1 aromatic heterocycles. The Bertz CT molecular complexity index is 963. The molecule has 8 heteroatoms. The highest BCUT2D eigenvalue weighted by molar-refractivity contribution is 9.10. The summed E-state index contributed by atoms with van der Waals surface area (Å²) in [6, 6.07) is 5.05. The number of rotatable bonds is 3. The van der Waals surface area contributed by atoms with E-state index >= 15 is 0 Å². The van der Waals surface area contributed by atoms with Crippen LogP contribution in [0.3, 0.4) is 0 Å². The van der Waals surface area contributed by atoms with Gasteiger partial charge in [-0.05, 0) is 51.1 Å². The molecule has 6 nitrogen and oxygen atoms in total. The summed E-state index contributed by atoms with van der Waals surface area (Å²) in [5.74, 6) is 0.0121. The maximum Gasteiger partial charge on any atom is 0.287 e. The third-order valence-corrected chi connectivity index (χ3v) is 7.56. The maximum absolute atomic E-state index is 12.8. The number of nitrogens with one attached hydrogen (secondary N) is 1. The van der Waals surface area contributed by atoms with E-state index in [1.54, 1.807) is 0 Å². The molecular formula is C18H21BrN2O4S. The number of nitrogens with zero attached hydrogens (tertiary/aromatic N) is 1. The van der Waals surface area contributed by atoms with Gasteiger partial charge in [-0.1, -0.05) is 15.9 Å². The summed E-state index contributed by atoms with van der Waals surface area (Å²) in [6.45, 7) is 3.63. The van der Waals surface area contributed by atoms with Gasteiger partial charge in [0.25, 0.3) is 5.91 Å². The van der Waals surface area contributed by atoms with Gasteiger partial charge < -0.3 is 9.73 Å². The van der Waals surface area contributed by atoms with Gasteiger partial charge in [0.2, 0.25) is 0 Å². The van der Waals surface area contributed by atoms with Crippen molar-refractivity contribution in [2.45, 2.75) is 31.8 Å². The molecule has 4 rings (SSSR count). The SMILES string of the molecule is Cc1c(C(=O)NC2CS(=O)(=O)CC2N2CCCC2)oc2ccc(Br)cc12. The molecule has 1 aromatic carbocycles. The van der Waals surface area contributed by atoms with Crippen LogP contribution < -0.4 is 5.32 Å². The van der Waals surface area contributed by atoms with E-state index < -0.39 is 15.9 Å². The molecule has 0 saturated carbocycles. The Morgan fingerprint density at radius 2 is 2.00 bits per heavy atom. The Balaban J connectivity index is 1.59. The lowest BCUT2D eigenvalue weighted by molar-refractivity contribution is 0.0892. The van der Waals surface area contributed by atoms with Gasteiger partial charge in [0.05, 0.1) is 17.5 Å². The third-order valence-electron chi connectivity index (χ3n) is 5.35. The van der Waals surface area contributed by atoms with Crippen LogP contribution in [0.1, 0.15) is 29.0 Å². The summed E-state index contributed by atoms with van der Waals surface area (Å²) in [4.78, 5) is 15.0. The number of benzene rings is 1. The molecule has 2 aliphatic rings. The molecule has 2 saturated heterocycles. The number of halogens is 1. The second-order valence-electron chi connectivity index (χ2n) is 7.16. The normalized spacial score (nSPS) is 25.8. The van der Waals surface area contributed by atoms with Crippen LogP contribution in [0.5, 0.6) is 0 Å². The van der Waals surface area contributed by atoms with Crippen LogP contribution in [0, 0.1) is 6.92 Å². The van der Waals surface area contributed by atoms with Gasteiger partial charge >= 0.3 is 0 Å². The number of aryl methyl sites for hydroxylation is 1. The fourth-order valence-electron chi connectivity index (χ4n) is 4.04. The minimum atomic E-state index is -3.14. The van der Waals surface area contributed by atoms with E-state index in [9.17, 15) is 13.2 Å². The van der Waals surface area contributed by atoms with Crippen LogP contribution >= 0.6 is 15.9 Å². The number of amides is 1. The minimum absolute atomic E-state index is 0.00920. The smallest absolute Gasteiger partial charge is 0.287 e. The highest BCUT2D eigenvalue weighted by atomic mass is 79.9. The average Bonchev–Trinajstić information content (AvgIpc) is 3.26. The zero-order chi connectivity index (χ0) is 18.5. The van der Waals surface area contributed by atoms with E-state index in [1.165, 1.54) is 0 Å². The van der Waals surface area contributed by atoms with Crippen molar-refractivity contribution in [1.82, 2.24) is 10.2 Å². The standard InChI is InChI=1S/C18H21BrN2O4S/c1-11-13-8-12(19)4-5-16(13)25-17(11)18(22)20-14-9-26(23,24)10-15(14)21-6-2-3-7-21/h4-5,8,14-15H,2-3,6-7,9-10H2,1H3,(H,20,22). The Labute approximate surface area is 161 Å². The van der Waals surface area contributed by atoms with E-state index in [1.807, 2.05) is 25.1 Å². The largest absolute Gasteiger partial charge is 0.451 e. The van der Waals surface area contributed by atoms with Gasteiger partial charge in [-0.2, -0.15) is 0 Å². The minimum Gasteiger partial charge on any atom is -0.451 e. The predicted octanol–water partition coefficient (Wildman–Crippen LogP) is 2.49. The van der Waals surface area contributed by atoms with E-state index in [0.717, 1.165) is 41.4 Å². The van der Waals surface area contributed by atoms with Crippen molar-refractivity contribution >= 4 is 42.6 Å². The molecule has 2 unspecified atom stereocenters. The number of furan rings is 1. The van der Waals surface area contributed by atoms with Gasteiger partial charge in [-0.25, -0.2) is 8.42 Å². The van der Waals surface area contributed by atoms with Crippen molar-refractivity contribution in [3.63, 3.8) is 0 Å². The second-order valence-corrected chi connectivity index (χ2v) is 10.2. The molecule has 2 aliphatic heterocycles. The lowest BCUT2D eigenvalue weighted by atomic mass is 10.1. The summed E-state index contributed by atoms with van der Waals surface area (Å²) in [5, 5.41) is 3.80. The number of sulfone groups is 1. The average molecular weight is 441 g/mol. The molecule has 0 bridgehead atoms. The van der Waals surface area contributed by atoms with Gasteiger partial charge in [-0.3, -0.25) is 9.69 Å². The maximum atomic E-state index is 12.8. The third kappa shape index (κ3) is 3.30. The Kier molecular flexibility index (Phi) is 4.61. The number of fused-ring (bicyclic) bond motifs is 1. The van der Waals surface area contributed by atoms with Crippen molar-refractivity contribution in [1.29, 1.82) is 0 Å². The van der Waals surface area contributed by atoms with Crippen LogP contribution in [0.15, 0.2) is 27.1 Å². The lowest BCUT2D eigenvalue weighted by Crippen LogP contribution is -2.50. The first kappa shape index (κ1) is 18.0. The quantitative estimate of drug-likeness (QED) is 0.792. The Morgan fingerprint density at radius 3 is 2.73 bits per heavy atom. The van der Waals surface area contributed by atoms with Crippen LogP contribution in [-0.2, 0) is 9.84 Å². The topological polar surface area (TPSA) is 79.6 Å². The molecule has 1 amide bonds. The highest BCUT2D eigenvalue weighted by Gasteiger charge is 2.42. The first-order chi connectivity index (χ1) is 12.3. The van der Waals surface area contributed by atoms with E-state index in [-0.39, 0.29) is 29.2 Å². The Hall–Kier alpha value is -1.38. The highest BCUT2D eigenvalue weighted by Crippen LogP contribution is 2.29. The molecule has 0 aliphatic carbocycles. The molecule has 2 fully saturated rings. The summed E-state index contributed by atoms with van der Waals surface area (Å²) < 4.78 is 31.0. The summed E-state index contributed by atoms with van der Waals surface area (Å²) >= 11 is 3.43. The van der Waals surface area contributed by atoms with E-state index in [4.69, 9.17) is 4.42 Å². The predicted molar refractivity (Wildman–Crippen MR) is 103 cm³/mol. The van der Waals surface area contributed by atoms with E-state index in [2.05, 4.69) is 26.1 Å². The van der Waals surface area contributed by atoms with Crippen molar-refractivity contribution in [2.75, 3.05) is 24.6 Å². The van der Waals surface area contributed by atoms with Crippen molar-refractivity contribution < 1.29 is 17.6 Å². The monoisotopic (exact) mass is 440 g/mol. The lowest BCUT2D eigenvalue weighted by Gasteiger charge is -2.28. The molecule has 2 atom stereocenters. The molecule has 0 radical (unpaired) electrons. The van der Waals surface area contributed by atoms with Gasteiger partial charge in [0.1, 0.15) is 5.58 Å². The van der Waals surface area contributed by atoms with Crippen molar-refractivity contribution in [3.05, 3.63) is 34.0 Å². The molecule has 3 heterocycles. The summed E-state index contributed by atoms with van der Waals surface area (Å²) in [7, 11) is -3.14. The fraction of sp³-hybridized carbons (Fsp3) is 0.500. The number of carbonyl (C=O) groups is 1. The molecule has 140 valence electrons. The van der Waals surface area contributed by atoms with Crippen LogP contribution in [0.2, 0.25) is 0 Å². The number of likely N-dealkylation sites (tertiary alicyclic amines) is 1. The number of carbonyl (C=O) groups excluding carboxylic acids is 1. The van der Waals surface area contributed by atoms with Gasteiger partial charge in [-0.15, -0.1) is 0 Å². The van der Waals surface area contributed by atoms with Crippen molar-refractivity contribution in [3.8, 4) is 0 Å². The first-order valence-corrected chi connectivity index (χ1v) is 11.4. The molecule has 1 N–H and O–H groups in total. The number of hydrogen-bond donors (Lipinski definition) is 1. The summed E-state index contributed by atoms with van der Waals surface area (Å²) in [5.41, 5.74) is 1.41. The molecule has 2 aromatic rings. The zero-order valence-electron chi connectivity index (χ0n) is 14.5. The van der Waals surface area contributed by atoms with E-state index in [0.29, 0.717) is 5.58 Å². The van der Waals surface area contributed by atoms with Crippen LogP contribution in [0.25, 0.3) is 11.0 Å². The summed E-state index contributed by atoms with van der Waals surface area (Å²) in [6.07, 6.45) is 2.16. The molecule has 26 heavy (non-hydrogen) atoms. The zero-order valence-corrected chi connectivity index (χ0v) is 16.9. The van der Waals surface area contributed by atoms with Gasteiger partial charge in [0, 0.05) is 21.5 Å². The fourth-order valence-corrected chi connectivity index (χ4v) is 6.36. The molecular weight excluding hydrogens is 420 g/mol.